The van der Waals surface area contributed by atoms with Crippen LogP contribution in [0.2, 0.25) is 0 Å². The molecule has 1 atom stereocenters. The standard InChI is InChI=1S/C22H21F2N5OS/c1-14-25-22-29(26-14)21(30)20(31-22)19(17-4-2-3-5-18(17)24)28-12-10-27(11-13-28)16-8-6-15(23)7-9-16/h2-9,19,30H,10-13H2,1H3/t19-/m0/s1. The van der Waals surface area contributed by atoms with Crippen molar-refractivity contribution >= 4 is 22.0 Å². The van der Waals surface area contributed by atoms with Crippen molar-refractivity contribution in [3.05, 3.63) is 76.4 Å². The molecule has 0 saturated carbocycles. The molecule has 31 heavy (non-hydrogen) atoms. The Morgan fingerprint density at radius 3 is 2.39 bits per heavy atom. The molecular weight excluding hydrogens is 420 g/mol. The molecule has 2 aromatic carbocycles. The summed E-state index contributed by atoms with van der Waals surface area (Å²) in [6.07, 6.45) is 0. The van der Waals surface area contributed by atoms with E-state index in [2.05, 4.69) is 19.9 Å². The van der Waals surface area contributed by atoms with Gasteiger partial charge in [0.15, 0.2) is 0 Å². The van der Waals surface area contributed by atoms with Gasteiger partial charge in [-0.2, -0.15) is 4.52 Å². The molecule has 1 fully saturated rings. The summed E-state index contributed by atoms with van der Waals surface area (Å²) < 4.78 is 29.5. The van der Waals surface area contributed by atoms with Crippen LogP contribution in [0.15, 0.2) is 48.5 Å². The first kappa shape index (κ1) is 19.9. The van der Waals surface area contributed by atoms with Crippen molar-refractivity contribution in [3.8, 4) is 5.88 Å². The van der Waals surface area contributed by atoms with E-state index in [0.717, 1.165) is 5.69 Å². The van der Waals surface area contributed by atoms with Gasteiger partial charge in [-0.15, -0.1) is 5.10 Å². The maximum absolute atomic E-state index is 14.8. The summed E-state index contributed by atoms with van der Waals surface area (Å²) in [5, 5.41) is 15.1. The summed E-state index contributed by atoms with van der Waals surface area (Å²) in [5.74, 6) is -0.00894. The van der Waals surface area contributed by atoms with Crippen LogP contribution in [0.25, 0.3) is 4.96 Å². The number of piperazine rings is 1. The normalized spacial score (nSPS) is 16.2. The molecule has 1 N–H and O–H groups in total. The minimum absolute atomic E-state index is 0.00480. The Morgan fingerprint density at radius 2 is 1.71 bits per heavy atom. The third kappa shape index (κ3) is 3.64. The van der Waals surface area contributed by atoms with Gasteiger partial charge in [-0.1, -0.05) is 29.5 Å². The van der Waals surface area contributed by atoms with Crippen molar-refractivity contribution < 1.29 is 13.9 Å². The number of nitrogens with zero attached hydrogens (tertiary/aromatic N) is 5. The van der Waals surface area contributed by atoms with Gasteiger partial charge < -0.3 is 10.0 Å². The Balaban J connectivity index is 1.48. The van der Waals surface area contributed by atoms with Crippen LogP contribution in [-0.4, -0.2) is 50.8 Å². The molecule has 1 aliphatic heterocycles. The van der Waals surface area contributed by atoms with Crippen LogP contribution in [-0.2, 0) is 0 Å². The van der Waals surface area contributed by atoms with E-state index in [1.807, 2.05) is 0 Å². The quantitative estimate of drug-likeness (QED) is 0.519. The van der Waals surface area contributed by atoms with Crippen molar-refractivity contribution in [3.63, 3.8) is 0 Å². The fourth-order valence-electron chi connectivity index (χ4n) is 4.12. The van der Waals surface area contributed by atoms with Crippen molar-refractivity contribution in [1.29, 1.82) is 0 Å². The number of halogens is 2. The Kier molecular flexibility index (Phi) is 5.07. The molecule has 0 aliphatic carbocycles. The highest BCUT2D eigenvalue weighted by atomic mass is 32.1. The third-order valence-corrected chi connectivity index (χ3v) is 6.70. The molecule has 1 aliphatic rings. The van der Waals surface area contributed by atoms with Crippen LogP contribution >= 0.6 is 11.3 Å². The second-order valence-corrected chi connectivity index (χ2v) is 8.58. The van der Waals surface area contributed by atoms with E-state index < -0.39 is 6.04 Å². The van der Waals surface area contributed by atoms with Crippen LogP contribution < -0.4 is 4.90 Å². The van der Waals surface area contributed by atoms with Gasteiger partial charge in [0, 0.05) is 37.4 Å². The number of benzene rings is 2. The van der Waals surface area contributed by atoms with E-state index in [1.165, 1.54) is 34.1 Å². The van der Waals surface area contributed by atoms with Crippen LogP contribution in [0.3, 0.4) is 0 Å². The zero-order valence-electron chi connectivity index (χ0n) is 16.9. The molecule has 0 unspecified atom stereocenters. The van der Waals surface area contributed by atoms with E-state index in [-0.39, 0.29) is 17.5 Å². The molecule has 0 radical (unpaired) electrons. The van der Waals surface area contributed by atoms with Gasteiger partial charge in [-0.3, -0.25) is 4.90 Å². The van der Waals surface area contributed by atoms with Crippen LogP contribution in [0.1, 0.15) is 22.3 Å². The first-order valence-corrected chi connectivity index (χ1v) is 10.9. The van der Waals surface area contributed by atoms with E-state index >= 15 is 0 Å². The van der Waals surface area contributed by atoms with Crippen molar-refractivity contribution in [2.45, 2.75) is 13.0 Å². The average molecular weight is 442 g/mol. The molecule has 9 heteroatoms. The molecule has 4 aromatic rings. The minimum atomic E-state index is -0.453. The zero-order valence-corrected chi connectivity index (χ0v) is 17.7. The molecule has 1 saturated heterocycles. The highest BCUT2D eigenvalue weighted by Gasteiger charge is 2.33. The molecule has 6 nitrogen and oxygen atoms in total. The number of aromatic hydroxyl groups is 1. The van der Waals surface area contributed by atoms with Gasteiger partial charge in [0.2, 0.25) is 10.8 Å². The molecule has 0 spiro atoms. The Bertz CT molecular complexity index is 1210. The monoisotopic (exact) mass is 441 g/mol. The lowest BCUT2D eigenvalue weighted by atomic mass is 10.0. The first-order valence-electron chi connectivity index (χ1n) is 10.1. The summed E-state index contributed by atoms with van der Waals surface area (Å²) in [7, 11) is 0. The number of hydrogen-bond acceptors (Lipinski definition) is 6. The fraction of sp³-hybridized carbons (Fsp3) is 0.273. The number of hydrogen-bond donors (Lipinski definition) is 1. The molecular formula is C22H21F2N5OS. The van der Waals surface area contributed by atoms with Gasteiger partial charge in [0.05, 0.1) is 10.9 Å². The summed E-state index contributed by atoms with van der Waals surface area (Å²) in [6.45, 7) is 4.49. The third-order valence-electron chi connectivity index (χ3n) is 5.62. The second-order valence-electron chi connectivity index (χ2n) is 7.57. The number of fused-ring (bicyclic) bond motifs is 1. The van der Waals surface area contributed by atoms with Crippen LogP contribution in [0.5, 0.6) is 5.88 Å². The lowest BCUT2D eigenvalue weighted by Crippen LogP contribution is -2.48. The predicted molar refractivity (Wildman–Crippen MR) is 116 cm³/mol. The smallest absolute Gasteiger partial charge is 0.230 e. The predicted octanol–water partition coefficient (Wildman–Crippen LogP) is 3.99. The number of rotatable bonds is 4. The number of anilines is 1. The second kappa shape index (κ2) is 7.90. The van der Waals surface area contributed by atoms with Gasteiger partial charge in [-0.05, 0) is 37.3 Å². The summed E-state index contributed by atoms with van der Waals surface area (Å²) in [6, 6.07) is 12.7. The zero-order chi connectivity index (χ0) is 21.5. The maximum Gasteiger partial charge on any atom is 0.230 e. The summed E-state index contributed by atoms with van der Waals surface area (Å²) in [5.41, 5.74) is 1.47. The highest BCUT2D eigenvalue weighted by Crippen LogP contribution is 2.41. The lowest BCUT2D eigenvalue weighted by molar-refractivity contribution is 0.208. The minimum Gasteiger partial charge on any atom is -0.492 e. The molecule has 0 bridgehead atoms. The molecule has 0 amide bonds. The summed E-state index contributed by atoms with van der Waals surface area (Å²) in [4.78, 5) is 9.90. The van der Waals surface area contributed by atoms with Gasteiger partial charge >= 0.3 is 0 Å². The van der Waals surface area contributed by atoms with Crippen LogP contribution in [0, 0.1) is 18.6 Å². The van der Waals surface area contributed by atoms with Crippen LogP contribution in [0.4, 0.5) is 14.5 Å². The van der Waals surface area contributed by atoms with E-state index in [9.17, 15) is 13.9 Å². The van der Waals surface area contributed by atoms with Crippen molar-refractivity contribution in [2.24, 2.45) is 0 Å². The van der Waals surface area contributed by atoms with E-state index in [0.29, 0.717) is 47.4 Å². The van der Waals surface area contributed by atoms with Crippen molar-refractivity contribution in [2.75, 3.05) is 31.1 Å². The molecule has 5 rings (SSSR count). The Morgan fingerprint density at radius 1 is 1.00 bits per heavy atom. The molecule has 2 aromatic heterocycles. The Labute approximate surface area is 182 Å². The SMILES string of the molecule is Cc1nc2sc([C@H](c3ccccc3F)N3CCN(c4ccc(F)cc4)CC3)c(O)n2n1. The molecule has 3 heterocycles. The first-order chi connectivity index (χ1) is 15.0. The Hall–Kier alpha value is -3.04. The average Bonchev–Trinajstić information content (AvgIpc) is 3.28. The van der Waals surface area contributed by atoms with Crippen molar-refractivity contribution in [1.82, 2.24) is 19.5 Å². The topological polar surface area (TPSA) is 56.9 Å². The van der Waals surface area contributed by atoms with Gasteiger partial charge in [-0.25, -0.2) is 13.8 Å². The van der Waals surface area contributed by atoms with E-state index in [1.54, 1.807) is 37.3 Å². The number of aromatic nitrogens is 3. The van der Waals surface area contributed by atoms with E-state index in [4.69, 9.17) is 0 Å². The van der Waals surface area contributed by atoms with Gasteiger partial charge in [0.1, 0.15) is 17.5 Å². The summed E-state index contributed by atoms with van der Waals surface area (Å²) >= 11 is 1.32. The largest absolute Gasteiger partial charge is 0.492 e. The van der Waals surface area contributed by atoms with Gasteiger partial charge in [0.25, 0.3) is 0 Å². The lowest BCUT2D eigenvalue weighted by Gasteiger charge is -2.40. The maximum atomic E-state index is 14.8. The molecule has 160 valence electrons. The fourth-order valence-corrected chi connectivity index (χ4v) is 5.27. The highest BCUT2D eigenvalue weighted by molar-refractivity contribution is 7.17. The number of aryl methyl sites for hydroxylation is 1. The number of thiazole rings is 1.